The molecule has 0 N–H and O–H groups in total. The predicted octanol–water partition coefficient (Wildman–Crippen LogP) is 3.83. The number of carbonyl (C=O) groups is 1. The van der Waals surface area contributed by atoms with Gasteiger partial charge in [-0.05, 0) is 31.2 Å². The van der Waals surface area contributed by atoms with Gasteiger partial charge in [0.05, 0.1) is 7.11 Å². The van der Waals surface area contributed by atoms with Crippen LogP contribution in [0.4, 0.5) is 0 Å². The number of esters is 1. The summed E-state index contributed by atoms with van der Waals surface area (Å²) in [5.41, 5.74) is 3.44. The Balaban J connectivity index is 2.33. The number of hydrogen-bond donors (Lipinski definition) is 0. The fourth-order valence-electron chi connectivity index (χ4n) is 2.71. The van der Waals surface area contributed by atoms with Crippen LogP contribution in [0.15, 0.2) is 41.5 Å². The van der Waals surface area contributed by atoms with E-state index in [1.165, 1.54) is 24.7 Å². The summed E-state index contributed by atoms with van der Waals surface area (Å²) in [6, 6.07) is 10.4. The highest BCUT2D eigenvalue weighted by Gasteiger charge is 2.23. The largest absolute Gasteiger partial charge is 0.466 e. The lowest BCUT2D eigenvalue weighted by Gasteiger charge is -2.24. The van der Waals surface area contributed by atoms with E-state index in [0.717, 1.165) is 24.8 Å². The molecule has 0 fully saturated rings. The molecular formula is C16H20O2. The van der Waals surface area contributed by atoms with Crippen LogP contribution in [0.25, 0.3) is 0 Å². The molecule has 2 nitrogen and oxygen atoms in total. The summed E-state index contributed by atoms with van der Waals surface area (Å²) in [6.07, 6.45) is 4.14. The van der Waals surface area contributed by atoms with Gasteiger partial charge in [0.25, 0.3) is 0 Å². The Morgan fingerprint density at radius 3 is 2.50 bits per heavy atom. The lowest BCUT2D eigenvalue weighted by atomic mass is 9.81. The van der Waals surface area contributed by atoms with Crippen LogP contribution in [0, 0.1) is 0 Å². The molecule has 0 saturated heterocycles. The predicted molar refractivity (Wildman–Crippen MR) is 72.4 cm³/mol. The average Bonchev–Trinajstić information content (AvgIpc) is 2.46. The molecule has 1 aromatic rings. The molecule has 0 aliphatic heterocycles. The number of rotatable bonds is 3. The van der Waals surface area contributed by atoms with E-state index in [1.54, 1.807) is 0 Å². The van der Waals surface area contributed by atoms with Crippen molar-refractivity contribution >= 4 is 5.97 Å². The molecule has 2 rings (SSSR count). The number of methoxy groups -OCH3 is 1. The molecule has 1 aliphatic rings. The summed E-state index contributed by atoms with van der Waals surface area (Å²) in [5.74, 6) is 0.160. The summed E-state index contributed by atoms with van der Waals surface area (Å²) in [5, 5.41) is 0. The van der Waals surface area contributed by atoms with Crippen LogP contribution >= 0.6 is 0 Å². The van der Waals surface area contributed by atoms with Crippen LogP contribution in [0.2, 0.25) is 0 Å². The molecular weight excluding hydrogens is 224 g/mol. The standard InChI is InChI=1S/C16H20O2/c1-12(13-8-4-3-5-9-13)14-10-6-7-11-15(14)16(17)18-2/h3-5,8-9,12H,6-7,10-11H2,1-2H3/t12-/m1/s1. The number of carbonyl (C=O) groups excluding carboxylic acids is 1. The Bertz CT molecular complexity index is 445. The molecule has 0 saturated carbocycles. The first-order valence-electron chi connectivity index (χ1n) is 6.59. The molecule has 2 heteroatoms. The van der Waals surface area contributed by atoms with Gasteiger partial charge >= 0.3 is 5.97 Å². The molecule has 0 bridgehead atoms. The second-order valence-electron chi connectivity index (χ2n) is 4.83. The summed E-state index contributed by atoms with van der Waals surface area (Å²) >= 11 is 0. The number of hydrogen-bond acceptors (Lipinski definition) is 2. The van der Waals surface area contributed by atoms with Crippen molar-refractivity contribution in [1.29, 1.82) is 0 Å². The van der Waals surface area contributed by atoms with Gasteiger partial charge in [0.15, 0.2) is 0 Å². The molecule has 1 atom stereocenters. The fraction of sp³-hybridized carbons (Fsp3) is 0.438. The topological polar surface area (TPSA) is 26.3 Å². The zero-order chi connectivity index (χ0) is 13.0. The van der Waals surface area contributed by atoms with Gasteiger partial charge in [-0.2, -0.15) is 0 Å². The van der Waals surface area contributed by atoms with Gasteiger partial charge in [0, 0.05) is 11.5 Å². The second-order valence-corrected chi connectivity index (χ2v) is 4.83. The molecule has 96 valence electrons. The van der Waals surface area contributed by atoms with Crippen molar-refractivity contribution in [1.82, 2.24) is 0 Å². The van der Waals surface area contributed by atoms with Crippen molar-refractivity contribution in [2.75, 3.05) is 7.11 Å². The lowest BCUT2D eigenvalue weighted by Crippen LogP contribution is -2.14. The van der Waals surface area contributed by atoms with Crippen LogP contribution in [0.5, 0.6) is 0 Å². The van der Waals surface area contributed by atoms with Gasteiger partial charge in [-0.1, -0.05) is 42.8 Å². The lowest BCUT2D eigenvalue weighted by molar-refractivity contribution is -0.136. The van der Waals surface area contributed by atoms with Gasteiger partial charge in [-0.25, -0.2) is 4.79 Å². The molecule has 18 heavy (non-hydrogen) atoms. The van der Waals surface area contributed by atoms with Crippen molar-refractivity contribution in [2.24, 2.45) is 0 Å². The number of ether oxygens (including phenoxy) is 1. The highest BCUT2D eigenvalue weighted by atomic mass is 16.5. The third-order valence-electron chi connectivity index (χ3n) is 3.76. The minimum absolute atomic E-state index is 0.146. The summed E-state index contributed by atoms with van der Waals surface area (Å²) in [7, 11) is 1.47. The minimum Gasteiger partial charge on any atom is -0.466 e. The van der Waals surface area contributed by atoms with Gasteiger partial charge < -0.3 is 4.74 Å². The maximum absolute atomic E-state index is 11.8. The highest BCUT2D eigenvalue weighted by Crippen LogP contribution is 2.35. The van der Waals surface area contributed by atoms with Crippen LogP contribution in [0.3, 0.4) is 0 Å². The van der Waals surface area contributed by atoms with Crippen molar-refractivity contribution in [2.45, 2.75) is 38.5 Å². The monoisotopic (exact) mass is 244 g/mol. The first-order chi connectivity index (χ1) is 8.74. The summed E-state index contributed by atoms with van der Waals surface area (Å²) < 4.78 is 4.91. The third-order valence-corrected chi connectivity index (χ3v) is 3.76. The van der Waals surface area contributed by atoms with E-state index < -0.39 is 0 Å². The third kappa shape index (κ3) is 2.63. The van der Waals surface area contributed by atoms with Crippen LogP contribution in [0.1, 0.15) is 44.1 Å². The van der Waals surface area contributed by atoms with E-state index in [2.05, 4.69) is 19.1 Å². The number of benzene rings is 1. The first kappa shape index (κ1) is 12.9. The maximum atomic E-state index is 11.8. The molecule has 0 amide bonds. The molecule has 0 aromatic heterocycles. The van der Waals surface area contributed by atoms with E-state index in [1.807, 2.05) is 18.2 Å². The minimum atomic E-state index is -0.146. The Kier molecular flexibility index (Phi) is 4.19. The second kappa shape index (κ2) is 5.85. The quantitative estimate of drug-likeness (QED) is 0.755. The van der Waals surface area contributed by atoms with Crippen LogP contribution in [-0.2, 0) is 9.53 Å². The van der Waals surface area contributed by atoms with E-state index in [-0.39, 0.29) is 5.97 Å². The Morgan fingerprint density at radius 2 is 1.83 bits per heavy atom. The van der Waals surface area contributed by atoms with Gasteiger partial charge in [0.1, 0.15) is 0 Å². The SMILES string of the molecule is COC(=O)C1=C([C@H](C)c2ccccc2)CCCC1. The van der Waals surface area contributed by atoms with E-state index >= 15 is 0 Å². The Morgan fingerprint density at radius 1 is 1.17 bits per heavy atom. The zero-order valence-corrected chi connectivity index (χ0v) is 11.1. The average molecular weight is 244 g/mol. The molecule has 0 unspecified atom stereocenters. The van der Waals surface area contributed by atoms with E-state index in [4.69, 9.17) is 4.74 Å². The fourth-order valence-corrected chi connectivity index (χ4v) is 2.71. The van der Waals surface area contributed by atoms with Crippen LogP contribution < -0.4 is 0 Å². The number of allylic oxidation sites excluding steroid dienone is 1. The Hall–Kier alpha value is -1.57. The molecule has 0 radical (unpaired) electrons. The highest BCUT2D eigenvalue weighted by molar-refractivity contribution is 5.89. The molecule has 0 spiro atoms. The molecule has 1 aliphatic carbocycles. The summed E-state index contributed by atoms with van der Waals surface area (Å²) in [6.45, 7) is 2.18. The normalized spacial score (nSPS) is 17.4. The van der Waals surface area contributed by atoms with Crippen LogP contribution in [-0.4, -0.2) is 13.1 Å². The van der Waals surface area contributed by atoms with Crippen molar-refractivity contribution < 1.29 is 9.53 Å². The molecule has 1 aromatic carbocycles. The Labute approximate surface area is 109 Å². The van der Waals surface area contributed by atoms with Crippen molar-refractivity contribution in [3.63, 3.8) is 0 Å². The van der Waals surface area contributed by atoms with Gasteiger partial charge in [-0.15, -0.1) is 0 Å². The van der Waals surface area contributed by atoms with Crippen molar-refractivity contribution in [3.8, 4) is 0 Å². The van der Waals surface area contributed by atoms with Crippen molar-refractivity contribution in [3.05, 3.63) is 47.0 Å². The first-order valence-corrected chi connectivity index (χ1v) is 6.59. The molecule has 0 heterocycles. The smallest absolute Gasteiger partial charge is 0.333 e. The van der Waals surface area contributed by atoms with E-state index in [0.29, 0.717) is 5.92 Å². The summed E-state index contributed by atoms with van der Waals surface area (Å²) in [4.78, 5) is 11.8. The van der Waals surface area contributed by atoms with E-state index in [9.17, 15) is 4.79 Å². The zero-order valence-electron chi connectivity index (χ0n) is 11.1. The van der Waals surface area contributed by atoms with Gasteiger partial charge in [0.2, 0.25) is 0 Å². The van der Waals surface area contributed by atoms with Gasteiger partial charge in [-0.3, -0.25) is 0 Å². The maximum Gasteiger partial charge on any atom is 0.333 e.